The topological polar surface area (TPSA) is 32.7 Å². The lowest BCUT2D eigenvalue weighted by atomic mass is 9.90. The van der Waals surface area contributed by atoms with Gasteiger partial charge in [0.1, 0.15) is 0 Å². The summed E-state index contributed by atoms with van der Waals surface area (Å²) in [5.74, 6) is -0.519. The number of aliphatic imine (C=N–C) groups is 1. The number of likely N-dealkylation sites (tertiary alicyclic amines) is 1. The van der Waals surface area contributed by atoms with Crippen LogP contribution in [-0.4, -0.2) is 36.0 Å². The minimum atomic E-state index is -2.50. The van der Waals surface area contributed by atoms with Crippen molar-refractivity contribution < 1.29 is 13.6 Å². The molecule has 2 aliphatic heterocycles. The van der Waals surface area contributed by atoms with Crippen LogP contribution in [0.3, 0.4) is 0 Å². The van der Waals surface area contributed by atoms with Gasteiger partial charge in [-0.25, -0.2) is 8.78 Å². The molecule has 2 atom stereocenters. The smallest absolute Gasteiger partial charge is 0.251 e. The molecule has 5 heteroatoms. The number of hydrogen-bond donors (Lipinski definition) is 0. The van der Waals surface area contributed by atoms with E-state index in [0.29, 0.717) is 22.9 Å². The van der Waals surface area contributed by atoms with Crippen LogP contribution in [0, 0.1) is 5.92 Å². The number of benzene rings is 2. The van der Waals surface area contributed by atoms with E-state index in [9.17, 15) is 13.6 Å². The van der Waals surface area contributed by atoms with Gasteiger partial charge in [0.2, 0.25) is 5.91 Å². The summed E-state index contributed by atoms with van der Waals surface area (Å²) in [5, 5.41) is 0. The predicted octanol–water partition coefficient (Wildman–Crippen LogP) is 6.84. The van der Waals surface area contributed by atoms with Crippen molar-refractivity contribution in [3.63, 3.8) is 0 Å². The Bertz CT molecular complexity index is 1100. The highest BCUT2D eigenvalue weighted by Gasteiger charge is 2.35. The van der Waals surface area contributed by atoms with Crippen LogP contribution >= 0.6 is 0 Å². The largest absolute Gasteiger partial charge is 0.342 e. The van der Waals surface area contributed by atoms with Crippen molar-refractivity contribution in [1.29, 1.82) is 0 Å². The zero-order valence-electron chi connectivity index (χ0n) is 19.6. The minimum Gasteiger partial charge on any atom is -0.342 e. The van der Waals surface area contributed by atoms with Crippen LogP contribution in [0.2, 0.25) is 0 Å². The Labute approximate surface area is 200 Å². The number of amides is 1. The maximum atomic E-state index is 14.0. The average Bonchev–Trinajstić information content (AvgIpc) is 3.11. The second kappa shape index (κ2) is 10.2. The van der Waals surface area contributed by atoms with E-state index in [4.69, 9.17) is 0 Å². The van der Waals surface area contributed by atoms with E-state index in [-0.39, 0.29) is 5.92 Å². The van der Waals surface area contributed by atoms with Gasteiger partial charge in [0.15, 0.2) is 0 Å². The Morgan fingerprint density at radius 1 is 1.03 bits per heavy atom. The molecule has 1 aliphatic carbocycles. The van der Waals surface area contributed by atoms with Gasteiger partial charge in [0.25, 0.3) is 6.43 Å². The number of piperidine rings is 1. The molecule has 2 unspecified atom stereocenters. The van der Waals surface area contributed by atoms with Crippen molar-refractivity contribution in [3.05, 3.63) is 76.9 Å². The first-order valence-electron chi connectivity index (χ1n) is 12.6. The molecule has 0 N–H and O–H groups in total. The molecule has 1 fully saturated rings. The zero-order valence-corrected chi connectivity index (χ0v) is 19.6. The molecule has 178 valence electrons. The van der Waals surface area contributed by atoms with Crippen molar-refractivity contribution in [2.24, 2.45) is 10.9 Å². The quantitative estimate of drug-likeness (QED) is 0.448. The van der Waals surface area contributed by atoms with Gasteiger partial charge in [-0.1, -0.05) is 48.0 Å². The Hall–Kier alpha value is -2.82. The van der Waals surface area contributed by atoms with Gasteiger partial charge in [-0.3, -0.25) is 9.79 Å². The number of fused-ring (bicyclic) bond motifs is 1. The second-order valence-corrected chi connectivity index (χ2v) is 9.81. The summed E-state index contributed by atoms with van der Waals surface area (Å²) < 4.78 is 28.0. The lowest BCUT2D eigenvalue weighted by Crippen LogP contribution is -2.39. The highest BCUT2D eigenvalue weighted by molar-refractivity contribution is 6.10. The Kier molecular flexibility index (Phi) is 6.89. The number of rotatable bonds is 5. The molecule has 1 saturated heterocycles. The van der Waals surface area contributed by atoms with Gasteiger partial charge in [0.05, 0.1) is 17.3 Å². The van der Waals surface area contributed by atoms with E-state index < -0.39 is 12.3 Å². The molecule has 0 bridgehead atoms. The number of allylic oxidation sites excluding steroid dienone is 2. The fourth-order valence-corrected chi connectivity index (χ4v) is 5.68. The lowest BCUT2D eigenvalue weighted by molar-refractivity contribution is -0.136. The lowest BCUT2D eigenvalue weighted by Gasteiger charge is -2.30. The fraction of sp³-hybridized carbons (Fsp3) is 0.448. The SMILES string of the molecule is O=C(C1CCC=C(Cc2cccc(C3=Nc4ccccc4C3C(F)F)c2)CC1)N1CCCCC1. The van der Waals surface area contributed by atoms with Crippen LogP contribution in [0.4, 0.5) is 14.5 Å². The van der Waals surface area contributed by atoms with Crippen molar-refractivity contribution in [2.75, 3.05) is 13.1 Å². The summed E-state index contributed by atoms with van der Waals surface area (Å²) in [6.45, 7) is 1.82. The third kappa shape index (κ3) is 4.84. The van der Waals surface area contributed by atoms with Crippen molar-refractivity contribution in [2.45, 2.75) is 63.7 Å². The minimum absolute atomic E-state index is 0.122. The fourth-order valence-electron chi connectivity index (χ4n) is 5.68. The third-order valence-corrected chi connectivity index (χ3v) is 7.49. The summed E-state index contributed by atoms with van der Waals surface area (Å²) in [6.07, 6.45) is 7.73. The highest BCUT2D eigenvalue weighted by Crippen LogP contribution is 2.41. The van der Waals surface area contributed by atoms with Crippen molar-refractivity contribution in [3.8, 4) is 0 Å². The van der Waals surface area contributed by atoms with E-state index >= 15 is 0 Å². The molecule has 2 heterocycles. The summed E-state index contributed by atoms with van der Waals surface area (Å²) in [5.41, 5.74) is 4.92. The first kappa shape index (κ1) is 22.9. The van der Waals surface area contributed by atoms with Crippen LogP contribution in [0.15, 0.2) is 65.2 Å². The van der Waals surface area contributed by atoms with Gasteiger partial charge in [-0.05, 0) is 80.2 Å². The Morgan fingerprint density at radius 3 is 2.68 bits per heavy atom. The van der Waals surface area contributed by atoms with Crippen LogP contribution in [0.1, 0.15) is 67.6 Å². The molecule has 0 spiro atoms. The Balaban J connectivity index is 1.27. The summed E-state index contributed by atoms with van der Waals surface area (Å²) in [7, 11) is 0. The van der Waals surface area contributed by atoms with Crippen LogP contribution in [0.25, 0.3) is 0 Å². The Morgan fingerprint density at radius 2 is 1.85 bits per heavy atom. The standard InChI is InChI=1S/C29H32F2N2O/c30-28(31)26-24-12-2-3-13-25(24)32-27(26)23-11-7-9-21(19-23)18-20-8-6-10-22(15-14-20)29(34)33-16-4-1-5-17-33/h2-3,7-9,11-13,19,22,26,28H,1,4-6,10,14-18H2. The van der Waals surface area contributed by atoms with Crippen LogP contribution in [0.5, 0.6) is 0 Å². The van der Waals surface area contributed by atoms with Gasteiger partial charge >= 0.3 is 0 Å². The molecular formula is C29H32F2N2O. The van der Waals surface area contributed by atoms with Crippen LogP contribution in [-0.2, 0) is 11.2 Å². The van der Waals surface area contributed by atoms with Gasteiger partial charge < -0.3 is 4.90 Å². The molecule has 5 rings (SSSR count). The summed E-state index contributed by atoms with van der Waals surface area (Å²) >= 11 is 0. The normalized spacial score (nSPS) is 22.7. The van der Waals surface area contributed by atoms with E-state index in [0.717, 1.165) is 69.2 Å². The first-order chi connectivity index (χ1) is 16.6. The number of alkyl halides is 2. The number of nitrogens with zero attached hydrogens (tertiary/aromatic N) is 2. The number of para-hydroxylation sites is 1. The van der Waals surface area contributed by atoms with Gasteiger partial charge in [0, 0.05) is 19.0 Å². The highest BCUT2D eigenvalue weighted by atomic mass is 19.3. The van der Waals surface area contributed by atoms with E-state index in [1.807, 2.05) is 24.3 Å². The predicted molar refractivity (Wildman–Crippen MR) is 132 cm³/mol. The van der Waals surface area contributed by atoms with E-state index in [2.05, 4.69) is 22.0 Å². The molecular weight excluding hydrogens is 430 g/mol. The molecule has 3 aliphatic rings. The number of halogens is 2. The first-order valence-corrected chi connectivity index (χ1v) is 12.6. The maximum Gasteiger partial charge on any atom is 0.251 e. The number of carbonyl (C=O) groups excluding carboxylic acids is 1. The molecule has 2 aromatic rings. The molecule has 34 heavy (non-hydrogen) atoms. The number of hydrogen-bond acceptors (Lipinski definition) is 2. The maximum absolute atomic E-state index is 14.0. The molecule has 0 radical (unpaired) electrons. The zero-order chi connectivity index (χ0) is 23.5. The third-order valence-electron chi connectivity index (χ3n) is 7.49. The van der Waals surface area contributed by atoms with Gasteiger partial charge in [-0.2, -0.15) is 0 Å². The molecule has 1 amide bonds. The van der Waals surface area contributed by atoms with Crippen molar-refractivity contribution in [1.82, 2.24) is 4.90 Å². The van der Waals surface area contributed by atoms with E-state index in [1.54, 1.807) is 18.2 Å². The van der Waals surface area contributed by atoms with Crippen molar-refractivity contribution >= 4 is 17.3 Å². The molecule has 0 aromatic heterocycles. The van der Waals surface area contributed by atoms with Crippen LogP contribution < -0.4 is 0 Å². The van der Waals surface area contributed by atoms with Gasteiger partial charge in [-0.15, -0.1) is 0 Å². The van der Waals surface area contributed by atoms with E-state index in [1.165, 1.54) is 12.0 Å². The summed E-state index contributed by atoms with van der Waals surface area (Å²) in [4.78, 5) is 19.6. The number of carbonyl (C=O) groups is 1. The summed E-state index contributed by atoms with van der Waals surface area (Å²) in [6, 6.07) is 15.1. The monoisotopic (exact) mass is 462 g/mol. The molecule has 0 saturated carbocycles. The second-order valence-electron chi connectivity index (χ2n) is 9.81. The molecule has 2 aromatic carbocycles. The molecule has 3 nitrogen and oxygen atoms in total. The average molecular weight is 463 g/mol.